The number of aliphatic hydroxyl groups excluding tert-OH is 2. The lowest BCUT2D eigenvalue weighted by Crippen LogP contribution is -2.34. The zero-order chi connectivity index (χ0) is 24.5. The molecule has 1 aromatic carbocycles. The summed E-state index contributed by atoms with van der Waals surface area (Å²) in [5.41, 5.74) is 1.27. The van der Waals surface area contributed by atoms with Crippen LogP contribution in [0, 0.1) is 0 Å². The van der Waals surface area contributed by atoms with Crippen LogP contribution in [-0.4, -0.2) is 78.1 Å². The number of hydrogen-bond acceptors (Lipinski definition) is 10. The molecule has 1 aliphatic heterocycles. The number of nitrogens with one attached hydrogen (secondary N) is 2. The Labute approximate surface area is 198 Å². The van der Waals surface area contributed by atoms with Gasteiger partial charge in [0.15, 0.2) is 11.9 Å². The highest BCUT2D eigenvalue weighted by molar-refractivity contribution is 7.51. The van der Waals surface area contributed by atoms with Crippen molar-refractivity contribution in [1.29, 1.82) is 0 Å². The van der Waals surface area contributed by atoms with Crippen molar-refractivity contribution in [2.24, 2.45) is 0 Å². The average molecular weight is 515 g/mol. The lowest BCUT2D eigenvalue weighted by atomic mass is 10.1. The van der Waals surface area contributed by atoms with Crippen molar-refractivity contribution in [3.05, 3.63) is 41.0 Å². The van der Waals surface area contributed by atoms with Crippen molar-refractivity contribution in [2.45, 2.75) is 31.1 Å². The van der Waals surface area contributed by atoms with Gasteiger partial charge in [-0.25, -0.2) is 4.68 Å². The zero-order valence-corrected chi connectivity index (χ0v) is 19.6. The predicted molar refractivity (Wildman–Crippen MR) is 122 cm³/mol. The summed E-state index contributed by atoms with van der Waals surface area (Å²) in [5.74, 6) is 0.771. The van der Waals surface area contributed by atoms with Crippen LogP contribution in [0.2, 0.25) is 5.02 Å². The molecule has 2 aromatic heterocycles. The summed E-state index contributed by atoms with van der Waals surface area (Å²) in [7, 11) is -2.72. The Morgan fingerprint density at radius 3 is 2.76 bits per heavy atom. The summed E-state index contributed by atoms with van der Waals surface area (Å²) >= 11 is 6.05. The van der Waals surface area contributed by atoms with Crippen molar-refractivity contribution >= 4 is 42.0 Å². The summed E-state index contributed by atoms with van der Waals surface area (Å²) in [6.07, 6.45) is -4.22. The van der Waals surface area contributed by atoms with Crippen molar-refractivity contribution in [3.8, 4) is 0 Å². The molecule has 0 amide bonds. The van der Waals surface area contributed by atoms with E-state index in [0.717, 1.165) is 5.56 Å². The minimum Gasteiger partial charge on any atom is -0.387 e. The number of halogens is 1. The van der Waals surface area contributed by atoms with Gasteiger partial charge in [0.25, 0.3) is 0 Å². The fourth-order valence-corrected chi connectivity index (χ4v) is 4.10. The van der Waals surface area contributed by atoms with Crippen LogP contribution in [0.15, 0.2) is 30.5 Å². The molecule has 184 valence electrons. The number of fused-ring (bicyclic) bond motifs is 1. The Kier molecular flexibility index (Phi) is 7.36. The third-order valence-corrected chi connectivity index (χ3v) is 5.90. The van der Waals surface area contributed by atoms with Gasteiger partial charge in [-0.05, 0) is 17.7 Å². The van der Waals surface area contributed by atoms with Gasteiger partial charge in [-0.15, -0.1) is 0 Å². The van der Waals surface area contributed by atoms with E-state index in [1.54, 1.807) is 13.1 Å². The van der Waals surface area contributed by atoms with E-state index in [-0.39, 0.29) is 12.6 Å². The minimum atomic E-state index is -4.38. The van der Waals surface area contributed by atoms with E-state index in [2.05, 4.69) is 25.7 Å². The van der Waals surface area contributed by atoms with Gasteiger partial charge in [-0.1, -0.05) is 23.7 Å². The van der Waals surface area contributed by atoms with Crippen LogP contribution in [0.4, 0.5) is 11.8 Å². The predicted octanol–water partition coefficient (Wildman–Crippen LogP) is 0.904. The van der Waals surface area contributed by atoms with Crippen LogP contribution in [-0.2, 0) is 20.6 Å². The number of hydrogen-bond donors (Lipinski definition) is 6. The average Bonchev–Trinajstić information content (AvgIpc) is 3.32. The Bertz CT molecular complexity index is 1210. The molecule has 3 aromatic rings. The van der Waals surface area contributed by atoms with Crippen molar-refractivity contribution < 1.29 is 34.0 Å². The topological polar surface area (TPSA) is 184 Å². The number of ether oxygens (including phenoxy) is 2. The van der Waals surface area contributed by atoms with Gasteiger partial charge >= 0.3 is 7.60 Å². The second kappa shape index (κ2) is 10.1. The molecule has 0 unspecified atom stereocenters. The van der Waals surface area contributed by atoms with E-state index in [0.29, 0.717) is 28.4 Å². The first-order valence-corrected chi connectivity index (χ1v) is 12.4. The van der Waals surface area contributed by atoms with Crippen LogP contribution in [0.1, 0.15) is 11.8 Å². The number of aromatic nitrogens is 4. The molecule has 4 rings (SSSR count). The Morgan fingerprint density at radius 2 is 2.06 bits per heavy atom. The van der Waals surface area contributed by atoms with Gasteiger partial charge in [-0.3, -0.25) is 4.57 Å². The fraction of sp³-hybridized carbons (Fsp3) is 0.421. The second-order valence-electron chi connectivity index (χ2n) is 7.67. The number of anilines is 2. The first-order valence-electron chi connectivity index (χ1n) is 10.2. The summed E-state index contributed by atoms with van der Waals surface area (Å²) in [6.45, 7) is 0.101. The van der Waals surface area contributed by atoms with E-state index in [9.17, 15) is 14.8 Å². The molecular formula is C19H24ClN6O7P. The van der Waals surface area contributed by atoms with E-state index in [1.807, 2.05) is 18.2 Å². The molecule has 34 heavy (non-hydrogen) atoms. The maximum absolute atomic E-state index is 11.0. The van der Waals surface area contributed by atoms with E-state index >= 15 is 0 Å². The highest BCUT2D eigenvalue weighted by Gasteiger charge is 2.45. The quantitative estimate of drug-likeness (QED) is 0.222. The number of rotatable bonds is 9. The molecule has 1 saturated heterocycles. The lowest BCUT2D eigenvalue weighted by Gasteiger charge is -2.16. The van der Waals surface area contributed by atoms with Crippen molar-refractivity contribution in [1.82, 2.24) is 19.7 Å². The van der Waals surface area contributed by atoms with Crippen LogP contribution in [0.5, 0.6) is 0 Å². The van der Waals surface area contributed by atoms with E-state index in [4.69, 9.17) is 30.9 Å². The van der Waals surface area contributed by atoms with Crippen LogP contribution >= 0.6 is 19.2 Å². The Morgan fingerprint density at radius 1 is 1.26 bits per heavy atom. The molecule has 13 nitrogen and oxygen atoms in total. The molecular weight excluding hydrogens is 491 g/mol. The third-order valence-electron chi connectivity index (χ3n) is 5.15. The van der Waals surface area contributed by atoms with Gasteiger partial charge in [0.2, 0.25) is 5.95 Å². The smallest absolute Gasteiger partial charge is 0.350 e. The van der Waals surface area contributed by atoms with Gasteiger partial charge in [0, 0.05) is 18.6 Å². The Balaban J connectivity index is 1.57. The molecule has 0 spiro atoms. The largest absolute Gasteiger partial charge is 0.387 e. The molecule has 0 saturated carbocycles. The third kappa shape index (κ3) is 5.48. The standard InChI is InChI=1S/C19H24ClN6O7P/c1-21-19-24-16(22-6-10-3-2-4-11(20)5-10)12-7-23-26(17(12)25-19)18-15(28)14(27)13(33-18)8-32-9-34(29,30)31/h2-5,7,13-15,18,27-28H,6,8-9H2,1H3,(H2,29,30,31)(H2,21,22,24,25)/t13-,14-,15-,18-/m1/s1. The zero-order valence-electron chi connectivity index (χ0n) is 17.9. The van der Waals surface area contributed by atoms with Gasteiger partial charge in [0.1, 0.15) is 30.5 Å². The number of nitrogens with zero attached hydrogens (tertiary/aromatic N) is 4. The highest BCUT2D eigenvalue weighted by Crippen LogP contribution is 2.36. The van der Waals surface area contributed by atoms with Gasteiger partial charge < -0.3 is 40.1 Å². The normalized spacial score (nSPS) is 22.9. The Hall–Kier alpha value is -2.35. The maximum Gasteiger partial charge on any atom is 0.350 e. The van der Waals surface area contributed by atoms with E-state index in [1.165, 1.54) is 10.9 Å². The molecule has 0 radical (unpaired) electrons. The molecule has 4 atom stereocenters. The molecule has 3 heterocycles. The summed E-state index contributed by atoms with van der Waals surface area (Å²) in [6, 6.07) is 7.37. The van der Waals surface area contributed by atoms with Crippen LogP contribution in [0.25, 0.3) is 11.0 Å². The second-order valence-corrected chi connectivity index (χ2v) is 9.69. The summed E-state index contributed by atoms with van der Waals surface area (Å²) < 4.78 is 23.0. The monoisotopic (exact) mass is 514 g/mol. The minimum absolute atomic E-state index is 0.289. The van der Waals surface area contributed by atoms with Crippen molar-refractivity contribution in [2.75, 3.05) is 30.6 Å². The first-order chi connectivity index (χ1) is 16.2. The molecule has 15 heteroatoms. The molecule has 6 N–H and O–H groups in total. The SMILES string of the molecule is CNc1nc(NCc2cccc(Cl)c2)c2cnn([C@@H]3O[C@H](COCP(=O)(O)O)[C@@H](O)[C@H]3O)c2n1. The summed E-state index contributed by atoms with van der Waals surface area (Å²) in [5, 5.41) is 32.5. The molecule has 0 aliphatic carbocycles. The maximum atomic E-state index is 11.0. The van der Waals surface area contributed by atoms with E-state index < -0.39 is 38.5 Å². The highest BCUT2D eigenvalue weighted by atomic mass is 35.5. The first kappa shape index (κ1) is 24.8. The lowest BCUT2D eigenvalue weighted by molar-refractivity contribution is -0.0658. The van der Waals surface area contributed by atoms with Crippen LogP contribution in [0.3, 0.4) is 0 Å². The number of aliphatic hydroxyl groups is 2. The van der Waals surface area contributed by atoms with Gasteiger partial charge in [-0.2, -0.15) is 15.1 Å². The fourth-order valence-electron chi connectivity index (χ4n) is 3.55. The summed E-state index contributed by atoms with van der Waals surface area (Å²) in [4.78, 5) is 26.7. The van der Waals surface area contributed by atoms with Crippen LogP contribution < -0.4 is 10.6 Å². The van der Waals surface area contributed by atoms with Crippen molar-refractivity contribution in [3.63, 3.8) is 0 Å². The molecule has 1 aliphatic rings. The molecule has 0 bridgehead atoms. The number of benzene rings is 1. The molecule has 1 fully saturated rings. The van der Waals surface area contributed by atoms with Gasteiger partial charge in [0.05, 0.1) is 18.2 Å².